The Morgan fingerprint density at radius 3 is 2.74 bits per heavy atom. The number of nitrogens with one attached hydrogen (secondary N) is 1. The zero-order chi connectivity index (χ0) is 19.2. The van der Waals surface area contributed by atoms with Gasteiger partial charge in [-0.1, -0.05) is 30.3 Å². The Labute approximate surface area is 156 Å². The van der Waals surface area contributed by atoms with Gasteiger partial charge in [-0.05, 0) is 31.4 Å². The molecule has 0 unspecified atom stereocenters. The van der Waals surface area contributed by atoms with Crippen LogP contribution in [-0.4, -0.2) is 38.0 Å². The SMILES string of the molecule is Cc1nc2ncnn2c(C)c1CCC(=O)NCC(=O)OCc1ccccc1. The van der Waals surface area contributed by atoms with E-state index in [0.717, 1.165) is 22.5 Å². The molecule has 0 spiro atoms. The third-order valence-corrected chi connectivity index (χ3v) is 4.26. The summed E-state index contributed by atoms with van der Waals surface area (Å²) < 4.78 is 6.79. The predicted molar refractivity (Wildman–Crippen MR) is 97.8 cm³/mol. The molecule has 0 bridgehead atoms. The van der Waals surface area contributed by atoms with Crippen molar-refractivity contribution in [3.05, 3.63) is 59.2 Å². The number of hydrogen-bond acceptors (Lipinski definition) is 6. The lowest BCUT2D eigenvalue weighted by Gasteiger charge is -2.10. The van der Waals surface area contributed by atoms with E-state index in [1.54, 1.807) is 4.52 Å². The highest BCUT2D eigenvalue weighted by Crippen LogP contribution is 2.14. The number of amides is 1. The van der Waals surface area contributed by atoms with E-state index in [0.29, 0.717) is 12.2 Å². The van der Waals surface area contributed by atoms with Gasteiger partial charge < -0.3 is 10.1 Å². The Hall–Kier alpha value is -3.29. The van der Waals surface area contributed by atoms with E-state index in [4.69, 9.17) is 4.74 Å². The lowest BCUT2D eigenvalue weighted by Crippen LogP contribution is -2.30. The molecule has 0 radical (unpaired) electrons. The smallest absolute Gasteiger partial charge is 0.325 e. The zero-order valence-electron chi connectivity index (χ0n) is 15.3. The van der Waals surface area contributed by atoms with Crippen LogP contribution in [0.2, 0.25) is 0 Å². The molecule has 0 saturated carbocycles. The first-order chi connectivity index (χ1) is 13.0. The fraction of sp³-hybridized carbons (Fsp3) is 0.316. The van der Waals surface area contributed by atoms with Crippen molar-refractivity contribution in [1.29, 1.82) is 0 Å². The third kappa shape index (κ3) is 4.66. The van der Waals surface area contributed by atoms with Crippen molar-refractivity contribution in [3.63, 3.8) is 0 Å². The lowest BCUT2D eigenvalue weighted by molar-refractivity contribution is -0.145. The van der Waals surface area contributed by atoms with Crippen LogP contribution in [0.5, 0.6) is 0 Å². The second kappa shape index (κ2) is 8.39. The molecule has 0 atom stereocenters. The first-order valence-electron chi connectivity index (χ1n) is 8.66. The molecule has 0 saturated heterocycles. The van der Waals surface area contributed by atoms with Crippen molar-refractivity contribution < 1.29 is 14.3 Å². The van der Waals surface area contributed by atoms with Crippen LogP contribution in [0.4, 0.5) is 0 Å². The van der Waals surface area contributed by atoms with E-state index in [2.05, 4.69) is 20.4 Å². The Balaban J connectivity index is 1.46. The number of hydrogen-bond donors (Lipinski definition) is 1. The quantitative estimate of drug-likeness (QED) is 0.636. The summed E-state index contributed by atoms with van der Waals surface area (Å²) in [5.74, 6) is -0.145. The molecule has 8 nitrogen and oxygen atoms in total. The molecule has 3 aromatic rings. The minimum Gasteiger partial charge on any atom is -0.460 e. The average molecular weight is 367 g/mol. The van der Waals surface area contributed by atoms with E-state index in [-0.39, 0.29) is 25.5 Å². The minimum atomic E-state index is -0.467. The third-order valence-electron chi connectivity index (χ3n) is 4.26. The number of fused-ring (bicyclic) bond motifs is 1. The van der Waals surface area contributed by atoms with E-state index in [1.165, 1.54) is 6.33 Å². The Morgan fingerprint density at radius 2 is 1.96 bits per heavy atom. The van der Waals surface area contributed by atoms with Gasteiger partial charge in [0.1, 0.15) is 19.5 Å². The van der Waals surface area contributed by atoms with Crippen LogP contribution in [0.1, 0.15) is 28.9 Å². The number of benzene rings is 1. The zero-order valence-corrected chi connectivity index (χ0v) is 15.3. The number of carbonyl (C=O) groups is 2. The summed E-state index contributed by atoms with van der Waals surface area (Å²) in [6.45, 7) is 3.85. The van der Waals surface area contributed by atoms with Crippen molar-refractivity contribution in [2.24, 2.45) is 0 Å². The summed E-state index contributed by atoms with van der Waals surface area (Å²) in [6.07, 6.45) is 2.20. The van der Waals surface area contributed by atoms with E-state index in [1.807, 2.05) is 44.2 Å². The second-order valence-corrected chi connectivity index (χ2v) is 6.16. The molecule has 0 aliphatic heterocycles. The van der Waals surface area contributed by atoms with Gasteiger partial charge in [0.05, 0.1) is 0 Å². The fourth-order valence-electron chi connectivity index (χ4n) is 2.80. The van der Waals surface area contributed by atoms with Gasteiger partial charge in [0.2, 0.25) is 5.91 Å². The first kappa shape index (κ1) is 18.5. The van der Waals surface area contributed by atoms with Crippen molar-refractivity contribution in [3.8, 4) is 0 Å². The molecule has 2 heterocycles. The average Bonchev–Trinajstić information content (AvgIpc) is 3.14. The molecule has 1 N–H and O–H groups in total. The van der Waals surface area contributed by atoms with Crippen LogP contribution in [0.25, 0.3) is 5.78 Å². The van der Waals surface area contributed by atoms with Crippen LogP contribution in [0.15, 0.2) is 36.7 Å². The summed E-state index contributed by atoms with van der Waals surface area (Å²) in [6, 6.07) is 9.39. The summed E-state index contributed by atoms with van der Waals surface area (Å²) in [5.41, 5.74) is 3.59. The summed E-state index contributed by atoms with van der Waals surface area (Å²) in [7, 11) is 0. The molecule has 140 valence electrons. The number of rotatable bonds is 7. The maximum absolute atomic E-state index is 12.1. The van der Waals surface area contributed by atoms with Crippen molar-refractivity contribution in [2.75, 3.05) is 6.54 Å². The predicted octanol–water partition coefficient (Wildman–Crippen LogP) is 1.53. The Morgan fingerprint density at radius 1 is 1.19 bits per heavy atom. The van der Waals surface area contributed by atoms with Gasteiger partial charge in [-0.15, -0.1) is 0 Å². The molecule has 0 fully saturated rings. The van der Waals surface area contributed by atoms with Gasteiger partial charge in [0, 0.05) is 17.8 Å². The standard InChI is InChI=1S/C19H21N5O3/c1-13-16(14(2)24-19(23-13)21-12-22-24)8-9-17(25)20-10-18(26)27-11-15-6-4-3-5-7-15/h3-7,12H,8-11H2,1-2H3,(H,20,25). The van der Waals surface area contributed by atoms with Gasteiger partial charge in [0.25, 0.3) is 5.78 Å². The van der Waals surface area contributed by atoms with Crippen LogP contribution in [-0.2, 0) is 27.4 Å². The largest absolute Gasteiger partial charge is 0.460 e. The maximum Gasteiger partial charge on any atom is 0.325 e. The lowest BCUT2D eigenvalue weighted by atomic mass is 10.1. The molecule has 0 aliphatic carbocycles. The van der Waals surface area contributed by atoms with Crippen molar-refractivity contribution in [1.82, 2.24) is 24.9 Å². The summed E-state index contributed by atoms with van der Waals surface area (Å²) >= 11 is 0. The minimum absolute atomic E-state index is 0.149. The van der Waals surface area contributed by atoms with Gasteiger partial charge in [-0.25, -0.2) is 9.50 Å². The van der Waals surface area contributed by atoms with E-state index in [9.17, 15) is 9.59 Å². The highest BCUT2D eigenvalue weighted by atomic mass is 16.5. The number of esters is 1. The van der Waals surface area contributed by atoms with Crippen molar-refractivity contribution in [2.45, 2.75) is 33.3 Å². The van der Waals surface area contributed by atoms with Crippen LogP contribution in [0.3, 0.4) is 0 Å². The molecule has 1 amide bonds. The second-order valence-electron chi connectivity index (χ2n) is 6.16. The molecule has 3 rings (SSSR count). The number of aryl methyl sites for hydroxylation is 2. The first-order valence-corrected chi connectivity index (χ1v) is 8.66. The molecule has 1 aromatic carbocycles. The van der Waals surface area contributed by atoms with Gasteiger partial charge in [-0.3, -0.25) is 9.59 Å². The van der Waals surface area contributed by atoms with Gasteiger partial charge in [0.15, 0.2) is 0 Å². The van der Waals surface area contributed by atoms with Crippen molar-refractivity contribution >= 4 is 17.7 Å². The molecular formula is C19H21N5O3. The Kier molecular flexibility index (Phi) is 5.75. The Bertz CT molecular complexity index is 953. The van der Waals surface area contributed by atoms with E-state index < -0.39 is 5.97 Å². The number of aromatic nitrogens is 4. The molecular weight excluding hydrogens is 346 g/mol. The molecule has 8 heteroatoms. The van der Waals surface area contributed by atoms with Crippen LogP contribution in [0, 0.1) is 13.8 Å². The normalized spacial score (nSPS) is 10.7. The fourth-order valence-corrected chi connectivity index (χ4v) is 2.80. The van der Waals surface area contributed by atoms with E-state index >= 15 is 0 Å². The molecule has 0 aliphatic rings. The number of ether oxygens (including phenoxy) is 1. The highest BCUT2D eigenvalue weighted by Gasteiger charge is 2.13. The molecule has 27 heavy (non-hydrogen) atoms. The highest BCUT2D eigenvalue weighted by molar-refractivity contribution is 5.82. The molecule has 2 aromatic heterocycles. The number of carbonyl (C=O) groups excluding carboxylic acids is 2. The summed E-state index contributed by atoms with van der Waals surface area (Å²) in [4.78, 5) is 32.3. The maximum atomic E-state index is 12.1. The number of nitrogens with zero attached hydrogens (tertiary/aromatic N) is 4. The van der Waals surface area contributed by atoms with Crippen LogP contribution < -0.4 is 5.32 Å². The van der Waals surface area contributed by atoms with Crippen LogP contribution >= 0.6 is 0 Å². The summed E-state index contributed by atoms with van der Waals surface area (Å²) in [5, 5.41) is 6.72. The monoisotopic (exact) mass is 367 g/mol. The topological polar surface area (TPSA) is 98.5 Å². The van der Waals surface area contributed by atoms with Gasteiger partial charge in [-0.2, -0.15) is 10.1 Å². The van der Waals surface area contributed by atoms with Gasteiger partial charge >= 0.3 is 5.97 Å².